The number of rotatable bonds is 6. The SMILES string of the molecule is O=C(CCN1CCC(Cc2ccccc2)C1)c1ccc2cc3occc(=O)c3cc2c1. The monoisotopic (exact) mass is 411 g/mol. The molecule has 4 aromatic rings. The maximum Gasteiger partial charge on any atom is 0.192 e. The second-order valence-electron chi connectivity index (χ2n) is 8.51. The Morgan fingerprint density at radius 3 is 2.74 bits per heavy atom. The highest BCUT2D eigenvalue weighted by molar-refractivity contribution is 6.02. The lowest BCUT2D eigenvalue weighted by Crippen LogP contribution is -2.24. The second kappa shape index (κ2) is 8.48. The Balaban J connectivity index is 1.24. The van der Waals surface area contributed by atoms with Crippen molar-refractivity contribution in [2.75, 3.05) is 19.6 Å². The summed E-state index contributed by atoms with van der Waals surface area (Å²) >= 11 is 0. The summed E-state index contributed by atoms with van der Waals surface area (Å²) in [5.41, 5.74) is 2.59. The van der Waals surface area contributed by atoms with Gasteiger partial charge in [-0.2, -0.15) is 0 Å². The average Bonchev–Trinajstić information content (AvgIpc) is 3.24. The Kier molecular flexibility index (Phi) is 5.39. The predicted octanol–water partition coefficient (Wildman–Crippen LogP) is 5.08. The Bertz CT molecular complexity index is 1290. The molecule has 2 heterocycles. The van der Waals surface area contributed by atoms with Crippen LogP contribution in [0.5, 0.6) is 0 Å². The first-order valence-electron chi connectivity index (χ1n) is 10.9. The maximum atomic E-state index is 12.8. The molecule has 156 valence electrons. The van der Waals surface area contributed by atoms with Crippen LogP contribution in [0.1, 0.15) is 28.8 Å². The third kappa shape index (κ3) is 4.30. The third-order valence-corrected chi connectivity index (χ3v) is 6.33. The van der Waals surface area contributed by atoms with Crippen LogP contribution in [0.25, 0.3) is 21.7 Å². The molecule has 0 spiro atoms. The third-order valence-electron chi connectivity index (χ3n) is 6.33. The quantitative estimate of drug-likeness (QED) is 0.328. The molecule has 1 saturated heterocycles. The van der Waals surface area contributed by atoms with Gasteiger partial charge in [0.25, 0.3) is 0 Å². The molecule has 1 unspecified atom stereocenters. The lowest BCUT2D eigenvalue weighted by molar-refractivity contribution is 0.0968. The van der Waals surface area contributed by atoms with E-state index < -0.39 is 0 Å². The number of nitrogens with zero attached hydrogens (tertiary/aromatic N) is 1. The van der Waals surface area contributed by atoms with Crippen molar-refractivity contribution in [3.63, 3.8) is 0 Å². The van der Waals surface area contributed by atoms with E-state index in [4.69, 9.17) is 4.42 Å². The van der Waals surface area contributed by atoms with E-state index in [2.05, 4.69) is 35.2 Å². The number of carbonyl (C=O) groups is 1. The molecule has 5 rings (SSSR count). The average molecular weight is 412 g/mol. The van der Waals surface area contributed by atoms with Crippen molar-refractivity contribution in [3.8, 4) is 0 Å². The number of hydrogen-bond acceptors (Lipinski definition) is 4. The van der Waals surface area contributed by atoms with Crippen molar-refractivity contribution in [1.29, 1.82) is 0 Å². The number of fused-ring (bicyclic) bond motifs is 2. The van der Waals surface area contributed by atoms with Crippen molar-refractivity contribution >= 4 is 27.5 Å². The van der Waals surface area contributed by atoms with Crippen molar-refractivity contribution in [1.82, 2.24) is 4.90 Å². The van der Waals surface area contributed by atoms with E-state index in [1.54, 1.807) is 0 Å². The van der Waals surface area contributed by atoms with Crippen molar-refractivity contribution in [2.45, 2.75) is 19.3 Å². The van der Waals surface area contributed by atoms with Gasteiger partial charge < -0.3 is 9.32 Å². The minimum absolute atomic E-state index is 0.0704. The highest BCUT2D eigenvalue weighted by Crippen LogP contribution is 2.24. The predicted molar refractivity (Wildman–Crippen MR) is 124 cm³/mol. The van der Waals surface area contributed by atoms with E-state index in [1.807, 2.05) is 30.3 Å². The molecule has 1 aromatic heterocycles. The fraction of sp³-hybridized carbons (Fsp3) is 0.259. The van der Waals surface area contributed by atoms with E-state index in [1.165, 1.54) is 24.3 Å². The maximum absolute atomic E-state index is 12.8. The summed E-state index contributed by atoms with van der Waals surface area (Å²) in [5.74, 6) is 0.812. The van der Waals surface area contributed by atoms with Gasteiger partial charge in [-0.25, -0.2) is 0 Å². The van der Waals surface area contributed by atoms with Gasteiger partial charge in [0, 0.05) is 31.1 Å². The molecular formula is C27H25NO3. The molecule has 4 nitrogen and oxygen atoms in total. The first-order chi connectivity index (χ1) is 15.2. The van der Waals surface area contributed by atoms with Crippen LogP contribution in [0.2, 0.25) is 0 Å². The Morgan fingerprint density at radius 2 is 1.87 bits per heavy atom. The molecule has 3 aromatic carbocycles. The standard InChI is InChI=1S/C27H25NO3/c29-25(9-12-28-11-8-20(18-28)14-19-4-2-1-3-5-19)22-7-6-21-17-27-24(16-23(21)15-22)26(30)10-13-31-27/h1-7,10,13,15-17,20H,8-9,11-12,14,18H2. The molecule has 0 amide bonds. The summed E-state index contributed by atoms with van der Waals surface area (Å²) < 4.78 is 5.45. The van der Waals surface area contributed by atoms with Crippen LogP contribution in [0.3, 0.4) is 0 Å². The molecule has 0 radical (unpaired) electrons. The van der Waals surface area contributed by atoms with Crippen LogP contribution in [-0.2, 0) is 6.42 Å². The van der Waals surface area contributed by atoms with E-state index in [0.29, 0.717) is 28.9 Å². The van der Waals surface area contributed by atoms with E-state index in [9.17, 15) is 9.59 Å². The fourth-order valence-electron chi connectivity index (χ4n) is 4.63. The van der Waals surface area contributed by atoms with E-state index in [0.717, 1.165) is 36.8 Å². The van der Waals surface area contributed by atoms with Crippen molar-refractivity contribution in [3.05, 3.63) is 94.3 Å². The molecule has 4 heteroatoms. The normalized spacial score (nSPS) is 16.8. The van der Waals surface area contributed by atoms with Gasteiger partial charge >= 0.3 is 0 Å². The number of likely N-dealkylation sites (tertiary alicyclic amines) is 1. The molecule has 1 aliphatic rings. The van der Waals surface area contributed by atoms with Crippen LogP contribution in [0.4, 0.5) is 0 Å². The summed E-state index contributed by atoms with van der Waals surface area (Å²) in [6.45, 7) is 2.91. The van der Waals surface area contributed by atoms with Gasteiger partial charge in [0.05, 0.1) is 11.6 Å². The molecule has 1 aliphatic heterocycles. The van der Waals surface area contributed by atoms with Crippen LogP contribution < -0.4 is 5.43 Å². The zero-order chi connectivity index (χ0) is 21.2. The summed E-state index contributed by atoms with van der Waals surface area (Å²) in [6.07, 6.45) is 4.23. The zero-order valence-corrected chi connectivity index (χ0v) is 17.4. The number of carbonyl (C=O) groups excluding carboxylic acids is 1. The fourth-order valence-corrected chi connectivity index (χ4v) is 4.63. The molecule has 0 aliphatic carbocycles. The molecule has 0 bridgehead atoms. The molecular weight excluding hydrogens is 386 g/mol. The van der Waals surface area contributed by atoms with E-state index >= 15 is 0 Å². The number of Topliss-reactive ketones (excluding diaryl/α,β-unsaturated/α-hetero) is 1. The number of benzene rings is 3. The first-order valence-corrected chi connectivity index (χ1v) is 10.9. The van der Waals surface area contributed by atoms with Gasteiger partial charge in [-0.3, -0.25) is 9.59 Å². The van der Waals surface area contributed by atoms with Gasteiger partial charge in [0.1, 0.15) is 5.58 Å². The van der Waals surface area contributed by atoms with Crippen LogP contribution in [0, 0.1) is 5.92 Å². The number of hydrogen-bond donors (Lipinski definition) is 0. The molecule has 31 heavy (non-hydrogen) atoms. The van der Waals surface area contributed by atoms with Crippen molar-refractivity contribution < 1.29 is 9.21 Å². The van der Waals surface area contributed by atoms with Crippen LogP contribution in [-0.4, -0.2) is 30.3 Å². The summed E-state index contributed by atoms with van der Waals surface area (Å²) in [6, 6.07) is 21.4. The largest absolute Gasteiger partial charge is 0.464 e. The van der Waals surface area contributed by atoms with Gasteiger partial charge in [-0.05, 0) is 59.8 Å². The van der Waals surface area contributed by atoms with E-state index in [-0.39, 0.29) is 11.2 Å². The Morgan fingerprint density at radius 1 is 1.00 bits per heavy atom. The van der Waals surface area contributed by atoms with Crippen molar-refractivity contribution in [2.24, 2.45) is 5.92 Å². The summed E-state index contributed by atoms with van der Waals surface area (Å²) in [4.78, 5) is 27.3. The molecule has 0 saturated carbocycles. The molecule has 1 atom stereocenters. The van der Waals surface area contributed by atoms with Gasteiger partial charge in [-0.1, -0.05) is 42.5 Å². The van der Waals surface area contributed by atoms with Crippen LogP contribution >= 0.6 is 0 Å². The zero-order valence-electron chi connectivity index (χ0n) is 17.4. The Hall–Kier alpha value is -3.24. The summed E-state index contributed by atoms with van der Waals surface area (Å²) in [7, 11) is 0. The van der Waals surface area contributed by atoms with Crippen LogP contribution in [0.15, 0.2) is 82.2 Å². The lowest BCUT2D eigenvalue weighted by Gasteiger charge is -2.15. The first kappa shape index (κ1) is 19.7. The topological polar surface area (TPSA) is 50.5 Å². The lowest BCUT2D eigenvalue weighted by atomic mass is 9.99. The summed E-state index contributed by atoms with van der Waals surface area (Å²) in [5, 5.41) is 2.39. The minimum atomic E-state index is -0.0704. The number of ketones is 1. The second-order valence-corrected chi connectivity index (χ2v) is 8.51. The minimum Gasteiger partial charge on any atom is -0.464 e. The molecule has 0 N–H and O–H groups in total. The van der Waals surface area contributed by atoms with Gasteiger partial charge in [0.2, 0.25) is 0 Å². The smallest absolute Gasteiger partial charge is 0.192 e. The Labute approximate surface area is 181 Å². The van der Waals surface area contributed by atoms with Gasteiger partial charge in [0.15, 0.2) is 11.2 Å². The highest BCUT2D eigenvalue weighted by Gasteiger charge is 2.23. The molecule has 1 fully saturated rings. The highest BCUT2D eigenvalue weighted by atomic mass is 16.3. The van der Waals surface area contributed by atoms with Gasteiger partial charge in [-0.15, -0.1) is 0 Å².